The number of hydrogen-bond donors (Lipinski definition) is 1. The maximum Gasteiger partial charge on any atom is 0.307 e. The fourth-order valence-electron chi connectivity index (χ4n) is 9.29. The van der Waals surface area contributed by atoms with Crippen LogP contribution in [0.2, 0.25) is 0 Å². The van der Waals surface area contributed by atoms with Gasteiger partial charge in [0, 0.05) is 35.2 Å². The van der Waals surface area contributed by atoms with Crippen LogP contribution in [-0.4, -0.2) is 80.5 Å². The minimum Gasteiger partial charge on any atom is -0.460 e. The second-order valence-electron chi connectivity index (χ2n) is 20.6. The van der Waals surface area contributed by atoms with Crippen LogP contribution in [0.5, 0.6) is 6.01 Å². The van der Waals surface area contributed by atoms with Crippen LogP contribution in [0.3, 0.4) is 0 Å². The zero-order valence-electron chi connectivity index (χ0n) is 38.8. The number of nitrogens with one attached hydrogen (secondary N) is 1. The Morgan fingerprint density at radius 3 is 2.38 bits per heavy atom. The number of hydrogen-bond acceptors (Lipinski definition) is 11. The summed E-state index contributed by atoms with van der Waals surface area (Å²) in [5, 5.41) is 0.886. The highest BCUT2D eigenvalue weighted by molar-refractivity contribution is 7.91. The average Bonchev–Trinajstić information content (AvgIpc) is 3.87. The Morgan fingerprint density at radius 1 is 1.02 bits per heavy atom. The number of ketones is 1. The maximum atomic E-state index is 14.9. The van der Waals surface area contributed by atoms with E-state index in [0.29, 0.717) is 44.0 Å². The molecule has 2 amide bonds. The number of imidazole rings is 1. The van der Waals surface area contributed by atoms with Crippen LogP contribution < -0.4 is 9.46 Å². The quantitative estimate of drug-likeness (QED) is 0.145. The fraction of sp³-hybridized carbons (Fsp3) is 0.667. The molecule has 2 aliphatic carbocycles. The third-order valence-corrected chi connectivity index (χ3v) is 16.8. The summed E-state index contributed by atoms with van der Waals surface area (Å²) in [4.78, 5) is 70.2. The summed E-state index contributed by atoms with van der Waals surface area (Å²) in [5.74, 6) is -2.32. The van der Waals surface area contributed by atoms with Gasteiger partial charge in [-0.1, -0.05) is 58.8 Å². The van der Waals surface area contributed by atoms with Crippen molar-refractivity contribution >= 4 is 56.0 Å². The lowest BCUT2D eigenvalue weighted by molar-refractivity contribution is -0.159. The van der Waals surface area contributed by atoms with Crippen LogP contribution in [0.1, 0.15) is 168 Å². The number of sulfonamides is 1. The average molecular weight is 906 g/mol. The minimum atomic E-state index is -3.96. The smallest absolute Gasteiger partial charge is 0.307 e. The zero-order chi connectivity index (χ0) is 45.8. The topological polar surface area (TPSA) is 167 Å². The molecule has 0 unspecified atom stereocenters. The normalized spacial score (nSPS) is 26.0. The van der Waals surface area contributed by atoms with E-state index in [1.54, 1.807) is 43.9 Å². The summed E-state index contributed by atoms with van der Waals surface area (Å²) in [6.07, 6.45) is 7.85. The van der Waals surface area contributed by atoms with Crippen molar-refractivity contribution in [3.05, 3.63) is 40.9 Å². The second kappa shape index (κ2) is 17.7. The molecule has 4 heterocycles. The van der Waals surface area contributed by atoms with Crippen LogP contribution in [0.4, 0.5) is 0 Å². The molecule has 2 saturated carbocycles. The Kier molecular flexibility index (Phi) is 13.2. The van der Waals surface area contributed by atoms with Crippen molar-refractivity contribution in [2.45, 2.75) is 180 Å². The first-order chi connectivity index (χ1) is 29.5. The molecule has 0 spiro atoms. The molecule has 1 aromatic carbocycles. The second-order valence-corrected chi connectivity index (χ2v) is 23.9. The standard InChI is InChI=1S/C48H67N5O8S2/c1-28(2)39-41(29(3)4)62-42(49-39)34-19-16-20-35-40(34)50-45(53(35)30(5)6)60-33-24-36-37(54)26-48(44(57)51-63(58,59)47(10)21-22-47)25-32(48)18-15-13-11-12-14-17-31(43(56)52(36)27-33)23-38(55)61-46(7,8)9/h15-16,18-20,28-33,36H,11-14,17,21-27H2,1-10H3,(H,51,57)/b18-15-/t31-,32-,33-,36+,48-/m1/s1. The first-order valence-electron chi connectivity index (χ1n) is 23.0. The van der Waals surface area contributed by atoms with Gasteiger partial charge in [-0.05, 0) is 110 Å². The number of fused-ring (bicyclic) bond motifs is 3. The number of thiazole rings is 1. The molecule has 4 aliphatic rings. The van der Waals surface area contributed by atoms with Crippen molar-refractivity contribution in [3.63, 3.8) is 0 Å². The number of esters is 1. The number of aromatic nitrogens is 3. The molecule has 1 N–H and O–H groups in total. The summed E-state index contributed by atoms with van der Waals surface area (Å²) in [5.41, 5.74) is 1.60. The highest BCUT2D eigenvalue weighted by atomic mass is 32.2. The van der Waals surface area contributed by atoms with Gasteiger partial charge in [0.05, 0.1) is 40.4 Å². The Balaban J connectivity index is 1.24. The lowest BCUT2D eigenvalue weighted by Gasteiger charge is -2.29. The summed E-state index contributed by atoms with van der Waals surface area (Å²) in [7, 11) is -3.96. The Hall–Kier alpha value is -4.11. The number of carbonyl (C=O) groups excluding carboxylic acids is 4. The van der Waals surface area contributed by atoms with Gasteiger partial charge in [-0.3, -0.25) is 28.5 Å². The number of rotatable bonds is 11. The van der Waals surface area contributed by atoms with E-state index in [1.165, 1.54) is 4.88 Å². The van der Waals surface area contributed by atoms with Gasteiger partial charge in [0.2, 0.25) is 21.8 Å². The lowest BCUT2D eigenvalue weighted by Crippen LogP contribution is -2.47. The summed E-state index contributed by atoms with van der Waals surface area (Å²) < 4.78 is 42.5. The summed E-state index contributed by atoms with van der Waals surface area (Å²) in [6, 6.07) is 5.37. The molecule has 2 aliphatic heterocycles. The molecule has 3 fully saturated rings. The predicted octanol–water partition coefficient (Wildman–Crippen LogP) is 9.17. The summed E-state index contributed by atoms with van der Waals surface area (Å²) >= 11 is 1.69. The van der Waals surface area contributed by atoms with Gasteiger partial charge < -0.3 is 14.4 Å². The van der Waals surface area contributed by atoms with Crippen LogP contribution in [0.15, 0.2) is 30.4 Å². The predicted molar refractivity (Wildman–Crippen MR) is 245 cm³/mol. The van der Waals surface area contributed by atoms with Gasteiger partial charge in [-0.15, -0.1) is 11.3 Å². The van der Waals surface area contributed by atoms with Gasteiger partial charge in [0.15, 0.2) is 5.78 Å². The van der Waals surface area contributed by atoms with E-state index in [0.717, 1.165) is 46.6 Å². The third kappa shape index (κ3) is 9.79. The van der Waals surface area contributed by atoms with E-state index in [1.807, 2.05) is 34.9 Å². The molecule has 5 atom stereocenters. The molecule has 7 rings (SSSR count). The zero-order valence-corrected chi connectivity index (χ0v) is 40.4. The first-order valence-corrected chi connectivity index (χ1v) is 25.3. The van der Waals surface area contributed by atoms with E-state index in [9.17, 15) is 27.6 Å². The molecule has 0 radical (unpaired) electrons. The van der Waals surface area contributed by atoms with Crippen molar-refractivity contribution < 1.29 is 37.1 Å². The first kappa shape index (κ1) is 46.9. The number of allylic oxidation sites excluding steroid dienone is 2. The molecule has 63 heavy (non-hydrogen) atoms. The number of para-hydroxylation sites is 1. The van der Waals surface area contributed by atoms with E-state index in [2.05, 4.69) is 46.3 Å². The Labute approximate surface area is 377 Å². The molecule has 3 aromatic rings. The number of Topliss-reactive ketones (excluding diaryl/α,β-unsaturated/α-hetero) is 1. The van der Waals surface area contributed by atoms with Crippen LogP contribution in [0, 0.1) is 17.3 Å². The molecular formula is C48H67N5O8S2. The molecule has 2 aromatic heterocycles. The van der Waals surface area contributed by atoms with Gasteiger partial charge in [0.25, 0.3) is 6.01 Å². The van der Waals surface area contributed by atoms with Crippen molar-refractivity contribution in [3.8, 4) is 16.6 Å². The highest BCUT2D eigenvalue weighted by Gasteiger charge is 2.62. The van der Waals surface area contributed by atoms with Crippen LogP contribution in [-0.2, 0) is 33.9 Å². The summed E-state index contributed by atoms with van der Waals surface area (Å²) in [6.45, 7) is 19.8. The Bertz CT molecular complexity index is 2360. The largest absolute Gasteiger partial charge is 0.460 e. The highest BCUT2D eigenvalue weighted by Crippen LogP contribution is 2.58. The van der Waals surface area contributed by atoms with Gasteiger partial charge >= 0.3 is 5.97 Å². The number of ether oxygens (including phenoxy) is 2. The van der Waals surface area contributed by atoms with E-state index >= 15 is 0 Å². The van der Waals surface area contributed by atoms with E-state index in [-0.39, 0.29) is 55.4 Å². The van der Waals surface area contributed by atoms with Gasteiger partial charge in [0.1, 0.15) is 22.2 Å². The van der Waals surface area contributed by atoms with E-state index in [4.69, 9.17) is 19.4 Å². The SMILES string of the molecule is CC(C)c1nc(-c2cccc3c2nc(O[C@@H]2C[C@H]4C(=O)C[C@]5(C(=O)NS(=O)(=O)C6(C)CC6)C[C@H]5/C=C\CCCCC[C@H](CC(=O)OC(C)(C)C)C(=O)N4C2)n3C(C)C)sc1C(C)C. The third-order valence-electron chi connectivity index (χ3n) is 13.3. The number of carbonyl (C=O) groups is 4. The van der Waals surface area contributed by atoms with Crippen LogP contribution >= 0.6 is 11.3 Å². The molecule has 15 heteroatoms. The molecule has 0 bridgehead atoms. The Morgan fingerprint density at radius 2 is 1.75 bits per heavy atom. The minimum absolute atomic E-state index is 0.0604. The molecule has 1 saturated heterocycles. The van der Waals surface area contributed by atoms with Gasteiger partial charge in [-0.25, -0.2) is 13.4 Å². The van der Waals surface area contributed by atoms with Crippen molar-refractivity contribution in [1.82, 2.24) is 24.2 Å². The van der Waals surface area contributed by atoms with E-state index < -0.39 is 55.7 Å². The van der Waals surface area contributed by atoms with Gasteiger partial charge in [-0.2, -0.15) is 4.98 Å². The molecular weight excluding hydrogens is 839 g/mol. The van der Waals surface area contributed by atoms with Crippen molar-refractivity contribution in [1.29, 1.82) is 0 Å². The van der Waals surface area contributed by atoms with Crippen LogP contribution in [0.25, 0.3) is 21.6 Å². The maximum absolute atomic E-state index is 14.9. The molecule has 344 valence electrons. The fourth-order valence-corrected chi connectivity index (χ4v) is 11.9. The number of amides is 2. The molecule has 13 nitrogen and oxygen atoms in total. The van der Waals surface area contributed by atoms with Crippen molar-refractivity contribution in [2.75, 3.05) is 6.54 Å². The number of benzene rings is 1. The number of nitrogens with zero attached hydrogens (tertiary/aromatic N) is 4. The lowest BCUT2D eigenvalue weighted by atomic mass is 9.90. The van der Waals surface area contributed by atoms with Crippen molar-refractivity contribution in [2.24, 2.45) is 17.3 Å². The monoisotopic (exact) mass is 905 g/mol.